The minimum absolute atomic E-state index is 0.0833. The average Bonchev–Trinajstić information content (AvgIpc) is 2.50. The van der Waals surface area contributed by atoms with Crippen molar-refractivity contribution < 1.29 is 14.3 Å². The number of nitrogens with zero attached hydrogens (tertiary/aromatic N) is 2. The third-order valence-electron chi connectivity index (χ3n) is 3.41. The average molecular weight is 313 g/mol. The molecule has 21 heavy (non-hydrogen) atoms. The van der Waals surface area contributed by atoms with Gasteiger partial charge in [-0.3, -0.25) is 14.6 Å². The molecule has 0 fully saturated rings. The molecule has 1 amide bonds. The number of hydrogen-bond donors (Lipinski definition) is 0. The Balaban J connectivity index is 2.93. The van der Waals surface area contributed by atoms with Gasteiger partial charge in [-0.1, -0.05) is 38.3 Å². The van der Waals surface area contributed by atoms with Crippen molar-refractivity contribution in [2.75, 3.05) is 20.2 Å². The number of aromatic nitrogens is 1. The molecule has 0 aliphatic rings. The molecule has 116 valence electrons. The molecule has 0 saturated carbocycles. The van der Waals surface area contributed by atoms with Gasteiger partial charge >= 0.3 is 5.97 Å². The van der Waals surface area contributed by atoms with Crippen molar-refractivity contribution in [1.82, 2.24) is 9.88 Å². The van der Waals surface area contributed by atoms with E-state index in [-0.39, 0.29) is 18.1 Å². The molecule has 5 nitrogen and oxygen atoms in total. The topological polar surface area (TPSA) is 59.5 Å². The Labute approximate surface area is 130 Å². The maximum atomic E-state index is 12.5. The van der Waals surface area contributed by atoms with Crippen LogP contribution in [-0.4, -0.2) is 42.0 Å². The Bertz CT molecular complexity index is 490. The first-order chi connectivity index (χ1) is 10.0. The predicted molar refractivity (Wildman–Crippen MR) is 81.2 cm³/mol. The zero-order valence-electron chi connectivity index (χ0n) is 12.6. The van der Waals surface area contributed by atoms with Crippen LogP contribution < -0.4 is 0 Å². The van der Waals surface area contributed by atoms with Gasteiger partial charge in [0.25, 0.3) is 5.91 Å². The Morgan fingerprint density at radius 1 is 1.38 bits per heavy atom. The predicted octanol–water partition coefficient (Wildman–Crippen LogP) is 2.79. The fourth-order valence-electron chi connectivity index (χ4n) is 1.98. The van der Waals surface area contributed by atoms with E-state index in [1.54, 1.807) is 6.07 Å². The largest absolute Gasteiger partial charge is 0.468 e. The highest BCUT2D eigenvalue weighted by molar-refractivity contribution is 6.30. The molecule has 0 aliphatic heterocycles. The smallest absolute Gasteiger partial charge is 0.325 e. The highest BCUT2D eigenvalue weighted by Gasteiger charge is 2.22. The third kappa shape index (κ3) is 5.34. The standard InChI is InChI=1S/C15H21ClN2O3/c1-4-11(5-2)9-18(10-14(19)21-3)15(20)13-8-12(16)6-7-17-13/h6-8,11H,4-5,9-10H2,1-3H3. The van der Waals surface area contributed by atoms with Gasteiger partial charge in [-0.05, 0) is 18.1 Å². The van der Waals surface area contributed by atoms with Crippen LogP contribution in [0.3, 0.4) is 0 Å². The van der Waals surface area contributed by atoms with E-state index in [9.17, 15) is 9.59 Å². The van der Waals surface area contributed by atoms with Crippen LogP contribution in [0.25, 0.3) is 0 Å². The van der Waals surface area contributed by atoms with Crippen LogP contribution in [0, 0.1) is 5.92 Å². The molecule has 0 aromatic carbocycles. The molecule has 0 aliphatic carbocycles. The lowest BCUT2D eigenvalue weighted by molar-refractivity contribution is -0.141. The highest BCUT2D eigenvalue weighted by atomic mass is 35.5. The normalized spacial score (nSPS) is 10.5. The van der Waals surface area contributed by atoms with Crippen LogP contribution >= 0.6 is 11.6 Å². The highest BCUT2D eigenvalue weighted by Crippen LogP contribution is 2.14. The van der Waals surface area contributed by atoms with Crippen LogP contribution in [0.2, 0.25) is 5.02 Å². The van der Waals surface area contributed by atoms with Crippen LogP contribution in [0.4, 0.5) is 0 Å². The molecule has 0 saturated heterocycles. The summed E-state index contributed by atoms with van der Waals surface area (Å²) in [7, 11) is 1.31. The van der Waals surface area contributed by atoms with Crippen molar-refractivity contribution in [2.24, 2.45) is 5.92 Å². The van der Waals surface area contributed by atoms with Crippen LogP contribution in [-0.2, 0) is 9.53 Å². The van der Waals surface area contributed by atoms with Crippen LogP contribution in [0.15, 0.2) is 18.3 Å². The number of carbonyl (C=O) groups excluding carboxylic acids is 2. The Morgan fingerprint density at radius 3 is 2.57 bits per heavy atom. The second-order valence-corrected chi connectivity index (χ2v) is 5.24. The van der Waals surface area contributed by atoms with Crippen molar-refractivity contribution in [3.8, 4) is 0 Å². The molecule has 1 aromatic heterocycles. The van der Waals surface area contributed by atoms with Crippen molar-refractivity contribution in [2.45, 2.75) is 26.7 Å². The van der Waals surface area contributed by atoms with Gasteiger partial charge in [0.1, 0.15) is 12.2 Å². The zero-order chi connectivity index (χ0) is 15.8. The van der Waals surface area contributed by atoms with Gasteiger partial charge in [0.15, 0.2) is 0 Å². The van der Waals surface area contributed by atoms with E-state index in [0.29, 0.717) is 17.5 Å². The summed E-state index contributed by atoms with van der Waals surface area (Å²) in [5.74, 6) is -0.427. The molecule has 0 radical (unpaired) electrons. The maximum absolute atomic E-state index is 12.5. The van der Waals surface area contributed by atoms with Crippen molar-refractivity contribution in [3.63, 3.8) is 0 Å². The SMILES string of the molecule is CCC(CC)CN(CC(=O)OC)C(=O)c1cc(Cl)ccn1. The fraction of sp³-hybridized carbons (Fsp3) is 0.533. The molecule has 0 N–H and O–H groups in total. The van der Waals surface area contributed by atoms with Gasteiger partial charge in [-0.25, -0.2) is 0 Å². The van der Waals surface area contributed by atoms with Gasteiger partial charge in [0, 0.05) is 17.8 Å². The first-order valence-electron chi connectivity index (χ1n) is 6.99. The Kier molecular flexibility index (Phi) is 7.15. The summed E-state index contributed by atoms with van der Waals surface area (Å²) < 4.78 is 4.66. The number of carbonyl (C=O) groups is 2. The van der Waals surface area contributed by atoms with E-state index < -0.39 is 5.97 Å². The quantitative estimate of drug-likeness (QED) is 0.726. The molecular weight excluding hydrogens is 292 g/mol. The number of amides is 1. The minimum atomic E-state index is -0.448. The summed E-state index contributed by atoms with van der Waals surface area (Å²) in [6.45, 7) is 4.54. The molecule has 0 unspecified atom stereocenters. The number of esters is 1. The number of pyridine rings is 1. The minimum Gasteiger partial charge on any atom is -0.468 e. The molecule has 1 heterocycles. The summed E-state index contributed by atoms with van der Waals surface area (Å²) >= 11 is 5.88. The van der Waals surface area contributed by atoms with E-state index in [4.69, 9.17) is 11.6 Å². The monoisotopic (exact) mass is 312 g/mol. The number of methoxy groups -OCH3 is 1. The number of hydrogen-bond acceptors (Lipinski definition) is 4. The van der Waals surface area contributed by atoms with E-state index in [0.717, 1.165) is 12.8 Å². The van der Waals surface area contributed by atoms with E-state index in [1.807, 2.05) is 0 Å². The summed E-state index contributed by atoms with van der Waals surface area (Å²) in [4.78, 5) is 29.5. The summed E-state index contributed by atoms with van der Waals surface area (Å²) in [6.07, 6.45) is 3.35. The Morgan fingerprint density at radius 2 is 2.05 bits per heavy atom. The molecule has 0 bridgehead atoms. The van der Waals surface area contributed by atoms with Crippen molar-refractivity contribution in [3.05, 3.63) is 29.0 Å². The zero-order valence-corrected chi connectivity index (χ0v) is 13.4. The molecule has 0 spiro atoms. The summed E-state index contributed by atoms with van der Waals surface area (Å²) in [5.41, 5.74) is 0.234. The van der Waals surface area contributed by atoms with Gasteiger partial charge < -0.3 is 9.64 Å². The first kappa shape index (κ1) is 17.4. The molecule has 0 atom stereocenters. The number of rotatable bonds is 7. The van der Waals surface area contributed by atoms with E-state index in [1.165, 1.54) is 24.3 Å². The Hall–Kier alpha value is -1.62. The lowest BCUT2D eigenvalue weighted by Gasteiger charge is -2.25. The second kappa shape index (κ2) is 8.62. The van der Waals surface area contributed by atoms with Gasteiger partial charge in [0.05, 0.1) is 7.11 Å². The van der Waals surface area contributed by atoms with Crippen LogP contribution in [0.5, 0.6) is 0 Å². The first-order valence-corrected chi connectivity index (χ1v) is 7.37. The van der Waals surface area contributed by atoms with Crippen molar-refractivity contribution >= 4 is 23.5 Å². The molecule has 1 aromatic rings. The summed E-state index contributed by atoms with van der Waals surface area (Å²) in [6, 6.07) is 3.10. The van der Waals surface area contributed by atoms with Gasteiger partial charge in [0.2, 0.25) is 0 Å². The van der Waals surface area contributed by atoms with Gasteiger partial charge in [-0.2, -0.15) is 0 Å². The molecule has 1 rings (SSSR count). The number of halogens is 1. The number of ether oxygens (including phenoxy) is 1. The van der Waals surface area contributed by atoms with E-state index in [2.05, 4.69) is 23.6 Å². The second-order valence-electron chi connectivity index (χ2n) is 4.80. The maximum Gasteiger partial charge on any atom is 0.325 e. The fourth-order valence-corrected chi connectivity index (χ4v) is 2.14. The lowest BCUT2D eigenvalue weighted by atomic mass is 10.0. The van der Waals surface area contributed by atoms with E-state index >= 15 is 0 Å². The summed E-state index contributed by atoms with van der Waals surface area (Å²) in [5, 5.41) is 0.439. The van der Waals surface area contributed by atoms with Gasteiger partial charge in [-0.15, -0.1) is 0 Å². The van der Waals surface area contributed by atoms with Crippen LogP contribution in [0.1, 0.15) is 37.2 Å². The third-order valence-corrected chi connectivity index (χ3v) is 3.64. The molecule has 6 heteroatoms. The van der Waals surface area contributed by atoms with Crippen molar-refractivity contribution in [1.29, 1.82) is 0 Å². The molecular formula is C15H21ClN2O3. The lowest BCUT2D eigenvalue weighted by Crippen LogP contribution is -2.39.